The smallest absolute Gasteiger partial charge is 0.251 e. The molecule has 5 heterocycles. The van der Waals surface area contributed by atoms with Gasteiger partial charge in [0.2, 0.25) is 11.8 Å². The van der Waals surface area contributed by atoms with Crippen LogP contribution >= 0.6 is 11.8 Å². The van der Waals surface area contributed by atoms with E-state index in [9.17, 15) is 14.4 Å². The van der Waals surface area contributed by atoms with E-state index in [0.717, 1.165) is 39.3 Å². The number of carbonyl (C=O) groups is 3. The van der Waals surface area contributed by atoms with Gasteiger partial charge in [-0.25, -0.2) is 0 Å². The first-order valence-electron chi connectivity index (χ1n) is 15.0. The van der Waals surface area contributed by atoms with Crippen LogP contribution in [0.4, 0.5) is 5.69 Å². The van der Waals surface area contributed by atoms with Gasteiger partial charge in [-0.05, 0) is 49.2 Å². The Balaban J connectivity index is 1.09. The number of likely N-dealkylation sites (tertiary alicyclic amines) is 1. The molecule has 230 valence electrons. The number of hydrogen-bond acceptors (Lipinski definition) is 9. The predicted molar refractivity (Wildman–Crippen MR) is 165 cm³/mol. The summed E-state index contributed by atoms with van der Waals surface area (Å²) in [4.78, 5) is 48.7. The molecule has 44 heavy (non-hydrogen) atoms. The highest BCUT2D eigenvalue weighted by Gasteiger charge is 2.41. The largest absolute Gasteiger partial charge is 0.497 e. The van der Waals surface area contributed by atoms with Crippen LogP contribution in [0.2, 0.25) is 0 Å². The number of nitrogens with one attached hydrogen (secondary N) is 2. The van der Waals surface area contributed by atoms with Crippen molar-refractivity contribution in [1.82, 2.24) is 20.1 Å². The van der Waals surface area contributed by atoms with Gasteiger partial charge in [0.05, 0.1) is 56.1 Å². The molecule has 0 bridgehead atoms. The molecule has 0 saturated carbocycles. The molecule has 11 nitrogen and oxygen atoms in total. The third-order valence-corrected chi connectivity index (χ3v) is 9.90. The quantitative estimate of drug-likeness (QED) is 0.430. The fraction of sp³-hybridized carbons (Fsp3) is 0.438. The molecule has 0 spiro atoms. The van der Waals surface area contributed by atoms with Gasteiger partial charge in [-0.1, -0.05) is 0 Å². The number of rotatable bonds is 6. The van der Waals surface area contributed by atoms with Gasteiger partial charge in [-0.15, -0.1) is 11.8 Å². The Hall–Kier alpha value is -3.87. The van der Waals surface area contributed by atoms with Crippen LogP contribution in [-0.2, 0) is 20.7 Å². The standard InChI is InChI=1S/C32H35N5O6S/c1-41-22-3-4-25-23(13-22)24-10-19(17-43-28(24)14-33-25)15-37-16-21(12-27(37)32(40)36-6-8-42-9-7-36)34-31(39)20-2-5-29-26(11-20)35-30(38)18-44-29/h2-5,11,13-14,19,21,27H,6-10,12,15-18H2,1H3,(H,34,39)(H,35,38). The average Bonchev–Trinajstić information content (AvgIpc) is 3.45. The molecule has 1 aromatic heterocycles. The molecule has 3 amide bonds. The van der Waals surface area contributed by atoms with Gasteiger partial charge in [0.25, 0.3) is 5.91 Å². The summed E-state index contributed by atoms with van der Waals surface area (Å²) in [6.45, 7) is 3.93. The van der Waals surface area contributed by atoms with Crippen molar-refractivity contribution in [3.63, 3.8) is 0 Å². The highest BCUT2D eigenvalue weighted by Crippen LogP contribution is 2.36. The molecule has 2 aromatic carbocycles. The van der Waals surface area contributed by atoms with E-state index in [4.69, 9.17) is 14.2 Å². The second kappa shape index (κ2) is 12.3. The van der Waals surface area contributed by atoms with Crippen LogP contribution in [0.5, 0.6) is 11.5 Å². The monoisotopic (exact) mass is 617 g/mol. The zero-order valence-electron chi connectivity index (χ0n) is 24.5. The van der Waals surface area contributed by atoms with Crippen LogP contribution in [0.15, 0.2) is 47.5 Å². The summed E-state index contributed by atoms with van der Waals surface area (Å²) in [6, 6.07) is 10.7. The lowest BCUT2D eigenvalue weighted by molar-refractivity contribution is -0.140. The zero-order chi connectivity index (χ0) is 30.2. The Morgan fingerprint density at radius 1 is 1.18 bits per heavy atom. The number of carbonyl (C=O) groups excluding carboxylic acids is 3. The second-order valence-corrected chi connectivity index (χ2v) is 12.7. The Morgan fingerprint density at radius 2 is 2.05 bits per heavy atom. The van der Waals surface area contributed by atoms with E-state index >= 15 is 0 Å². The maximum atomic E-state index is 13.8. The van der Waals surface area contributed by atoms with Crippen molar-refractivity contribution in [2.45, 2.75) is 29.8 Å². The molecule has 2 fully saturated rings. The summed E-state index contributed by atoms with van der Waals surface area (Å²) in [6.07, 6.45) is 3.09. The molecule has 12 heteroatoms. The van der Waals surface area contributed by atoms with Gasteiger partial charge in [0.1, 0.15) is 11.5 Å². The first-order chi connectivity index (χ1) is 21.4. The van der Waals surface area contributed by atoms with Crippen LogP contribution < -0.4 is 20.1 Å². The lowest BCUT2D eigenvalue weighted by Crippen LogP contribution is -2.51. The Morgan fingerprint density at radius 3 is 2.89 bits per heavy atom. The fourth-order valence-corrected chi connectivity index (χ4v) is 7.42. The van der Waals surface area contributed by atoms with Crippen molar-refractivity contribution < 1.29 is 28.6 Å². The van der Waals surface area contributed by atoms with Crippen molar-refractivity contribution in [3.8, 4) is 11.5 Å². The number of nitrogens with zero attached hydrogens (tertiary/aromatic N) is 3. The molecule has 0 radical (unpaired) electrons. The average molecular weight is 618 g/mol. The number of pyridine rings is 1. The third kappa shape index (κ3) is 5.81. The van der Waals surface area contributed by atoms with Gasteiger partial charge in [0.15, 0.2) is 0 Å². The molecule has 3 aromatic rings. The van der Waals surface area contributed by atoms with E-state index in [0.29, 0.717) is 69.4 Å². The van der Waals surface area contributed by atoms with E-state index in [-0.39, 0.29) is 35.7 Å². The van der Waals surface area contributed by atoms with Gasteiger partial charge in [-0.3, -0.25) is 24.3 Å². The van der Waals surface area contributed by atoms with Crippen molar-refractivity contribution in [1.29, 1.82) is 0 Å². The number of aromatic nitrogens is 1. The van der Waals surface area contributed by atoms with Gasteiger partial charge in [-0.2, -0.15) is 0 Å². The number of benzene rings is 2. The lowest BCUT2D eigenvalue weighted by Gasteiger charge is -2.35. The Labute approximate surface area is 259 Å². The van der Waals surface area contributed by atoms with Crippen molar-refractivity contribution in [2.24, 2.45) is 5.92 Å². The molecule has 4 aliphatic heterocycles. The summed E-state index contributed by atoms with van der Waals surface area (Å²) >= 11 is 1.46. The SMILES string of the molecule is COc1ccc2ncc3c(c2c1)CC(CN1CC(NC(=O)c2ccc4c(c2)NC(=O)CS4)CC1C(=O)N1CCOCC1)CO3. The van der Waals surface area contributed by atoms with Gasteiger partial charge >= 0.3 is 0 Å². The summed E-state index contributed by atoms with van der Waals surface area (Å²) < 4.78 is 17.2. The maximum absolute atomic E-state index is 13.8. The summed E-state index contributed by atoms with van der Waals surface area (Å²) in [7, 11) is 1.65. The molecular formula is C32H35N5O6S. The number of fused-ring (bicyclic) bond motifs is 4. The van der Waals surface area contributed by atoms with E-state index in [2.05, 4.69) is 20.5 Å². The number of morpholine rings is 1. The van der Waals surface area contributed by atoms with E-state index in [1.165, 1.54) is 11.8 Å². The number of amides is 3. The Kier molecular flexibility index (Phi) is 8.04. The van der Waals surface area contributed by atoms with E-state index < -0.39 is 0 Å². The van der Waals surface area contributed by atoms with Crippen LogP contribution in [0, 0.1) is 5.92 Å². The normalized spacial score (nSPS) is 23.3. The second-order valence-electron chi connectivity index (χ2n) is 11.7. The van der Waals surface area contributed by atoms with E-state index in [1.807, 2.05) is 29.2 Å². The first-order valence-corrected chi connectivity index (χ1v) is 16.0. The van der Waals surface area contributed by atoms with Gasteiger partial charge in [0, 0.05) is 59.5 Å². The molecule has 0 aliphatic carbocycles. The molecule has 3 unspecified atom stereocenters. The number of hydrogen-bond donors (Lipinski definition) is 2. The number of methoxy groups -OCH3 is 1. The van der Waals surface area contributed by atoms with Crippen LogP contribution in [-0.4, -0.2) is 103 Å². The minimum Gasteiger partial charge on any atom is -0.497 e. The Bertz CT molecular complexity index is 1610. The fourth-order valence-electron chi connectivity index (χ4n) is 6.63. The third-order valence-electron chi connectivity index (χ3n) is 8.83. The minimum atomic E-state index is -0.353. The summed E-state index contributed by atoms with van der Waals surface area (Å²) in [5.74, 6) is 1.86. The van der Waals surface area contributed by atoms with Gasteiger partial charge < -0.3 is 29.7 Å². The van der Waals surface area contributed by atoms with Crippen LogP contribution in [0.1, 0.15) is 22.3 Å². The lowest BCUT2D eigenvalue weighted by atomic mass is 9.93. The summed E-state index contributed by atoms with van der Waals surface area (Å²) in [5.41, 5.74) is 3.13. The summed E-state index contributed by atoms with van der Waals surface area (Å²) in [5, 5.41) is 7.04. The highest BCUT2D eigenvalue weighted by molar-refractivity contribution is 8.00. The minimum absolute atomic E-state index is 0.0753. The molecule has 7 rings (SSSR count). The topological polar surface area (TPSA) is 122 Å². The number of thioether (sulfide) groups is 1. The number of ether oxygens (including phenoxy) is 3. The zero-order valence-corrected chi connectivity index (χ0v) is 25.4. The molecule has 4 aliphatic rings. The van der Waals surface area contributed by atoms with Crippen LogP contribution in [0.3, 0.4) is 0 Å². The first kappa shape index (κ1) is 28.9. The molecule has 2 saturated heterocycles. The van der Waals surface area contributed by atoms with Crippen molar-refractivity contribution in [3.05, 3.63) is 53.7 Å². The molecule has 2 N–H and O–H groups in total. The predicted octanol–water partition coefficient (Wildman–Crippen LogP) is 2.57. The maximum Gasteiger partial charge on any atom is 0.251 e. The molecule has 3 atom stereocenters. The van der Waals surface area contributed by atoms with Crippen LogP contribution in [0.25, 0.3) is 10.9 Å². The number of anilines is 1. The van der Waals surface area contributed by atoms with E-state index in [1.54, 1.807) is 25.4 Å². The van der Waals surface area contributed by atoms with Crippen molar-refractivity contribution >= 4 is 46.1 Å². The highest BCUT2D eigenvalue weighted by atomic mass is 32.2. The van der Waals surface area contributed by atoms with Crippen molar-refractivity contribution in [2.75, 3.05) is 64.2 Å². The molecular weight excluding hydrogens is 582 g/mol.